The van der Waals surface area contributed by atoms with Gasteiger partial charge in [0.1, 0.15) is 5.01 Å². The Morgan fingerprint density at radius 2 is 2.12 bits per heavy atom. The molecule has 2 aromatic rings. The van der Waals surface area contributed by atoms with Gasteiger partial charge in [0.05, 0.1) is 5.69 Å². The van der Waals surface area contributed by atoms with E-state index >= 15 is 0 Å². The molecule has 0 aromatic carbocycles. The van der Waals surface area contributed by atoms with Gasteiger partial charge in [-0.2, -0.15) is 0 Å². The largest absolute Gasteiger partial charge is 0.330 e. The monoisotopic (exact) mass is 233 g/mol. The number of hydrogen-bond acceptors (Lipinski definition) is 4. The third-order valence-corrected chi connectivity index (χ3v) is 3.49. The third kappa shape index (κ3) is 2.28. The minimum atomic E-state index is 0.649. The van der Waals surface area contributed by atoms with Gasteiger partial charge in [-0.3, -0.25) is 4.98 Å². The summed E-state index contributed by atoms with van der Waals surface area (Å²) in [7, 11) is 0. The lowest BCUT2D eigenvalue weighted by Gasteiger charge is -1.95. The summed E-state index contributed by atoms with van der Waals surface area (Å²) in [5.41, 5.74) is 8.78. The molecule has 2 aromatic heterocycles. The van der Waals surface area contributed by atoms with Crippen LogP contribution in [0.2, 0.25) is 0 Å². The Morgan fingerprint density at radius 3 is 2.75 bits per heavy atom. The van der Waals surface area contributed by atoms with Crippen LogP contribution in [0.5, 0.6) is 0 Å². The lowest BCUT2D eigenvalue weighted by Crippen LogP contribution is -2.03. The van der Waals surface area contributed by atoms with E-state index in [1.807, 2.05) is 19.2 Å². The number of rotatable bonds is 3. The molecule has 16 heavy (non-hydrogen) atoms. The number of pyridine rings is 1. The average Bonchev–Trinajstić information content (AvgIpc) is 2.62. The van der Waals surface area contributed by atoms with Crippen molar-refractivity contribution in [3.8, 4) is 10.6 Å². The second-order valence-electron chi connectivity index (χ2n) is 3.75. The molecule has 84 valence electrons. The molecule has 0 atom stereocenters. The number of nitrogens with zero attached hydrogens (tertiary/aromatic N) is 2. The Hall–Kier alpha value is -1.26. The van der Waals surface area contributed by atoms with Gasteiger partial charge in [0, 0.05) is 28.8 Å². The normalized spacial score (nSPS) is 10.7. The van der Waals surface area contributed by atoms with E-state index in [1.165, 1.54) is 4.88 Å². The Labute approximate surface area is 99.4 Å². The minimum Gasteiger partial charge on any atom is -0.330 e. The van der Waals surface area contributed by atoms with Crippen molar-refractivity contribution < 1.29 is 0 Å². The Bertz CT molecular complexity index is 474. The summed E-state index contributed by atoms with van der Waals surface area (Å²) in [4.78, 5) is 10.1. The molecule has 0 radical (unpaired) electrons. The van der Waals surface area contributed by atoms with Crippen LogP contribution in [-0.2, 0) is 6.42 Å². The van der Waals surface area contributed by atoms with E-state index in [-0.39, 0.29) is 0 Å². The highest BCUT2D eigenvalue weighted by Crippen LogP contribution is 2.27. The van der Waals surface area contributed by atoms with Gasteiger partial charge in [0.25, 0.3) is 0 Å². The molecule has 2 N–H and O–H groups in total. The molecule has 2 heterocycles. The fourth-order valence-corrected chi connectivity index (χ4v) is 2.46. The van der Waals surface area contributed by atoms with Crippen LogP contribution in [0, 0.1) is 13.8 Å². The van der Waals surface area contributed by atoms with Gasteiger partial charge < -0.3 is 5.73 Å². The second-order valence-corrected chi connectivity index (χ2v) is 4.95. The van der Waals surface area contributed by atoms with E-state index in [0.717, 1.165) is 28.4 Å². The van der Waals surface area contributed by atoms with E-state index in [9.17, 15) is 0 Å². The van der Waals surface area contributed by atoms with Crippen molar-refractivity contribution in [3.05, 3.63) is 34.6 Å². The van der Waals surface area contributed by atoms with Gasteiger partial charge >= 0.3 is 0 Å². The minimum absolute atomic E-state index is 0.649. The van der Waals surface area contributed by atoms with E-state index < -0.39 is 0 Å². The maximum absolute atomic E-state index is 5.55. The maximum atomic E-state index is 5.55. The molecule has 0 unspecified atom stereocenters. The zero-order valence-electron chi connectivity index (χ0n) is 9.53. The van der Waals surface area contributed by atoms with E-state index in [4.69, 9.17) is 5.73 Å². The average molecular weight is 233 g/mol. The zero-order chi connectivity index (χ0) is 11.5. The van der Waals surface area contributed by atoms with Crippen LogP contribution < -0.4 is 5.73 Å². The Morgan fingerprint density at radius 1 is 1.31 bits per heavy atom. The molecule has 3 nitrogen and oxygen atoms in total. The number of thiazole rings is 1. The summed E-state index contributed by atoms with van der Waals surface area (Å²) in [6.45, 7) is 4.72. The molecule has 0 aliphatic carbocycles. The molecular weight excluding hydrogens is 218 g/mol. The van der Waals surface area contributed by atoms with Crippen LogP contribution in [-0.4, -0.2) is 16.5 Å². The first-order valence-electron chi connectivity index (χ1n) is 5.30. The molecule has 0 aliphatic rings. The summed E-state index contributed by atoms with van der Waals surface area (Å²) in [5.74, 6) is 0. The zero-order valence-corrected chi connectivity index (χ0v) is 10.3. The van der Waals surface area contributed by atoms with Crippen molar-refractivity contribution in [2.24, 2.45) is 5.73 Å². The molecular formula is C12H15N3S. The first kappa shape index (κ1) is 11.2. The molecule has 2 rings (SSSR count). The molecule has 0 aliphatic heterocycles. The third-order valence-electron chi connectivity index (χ3n) is 2.43. The number of aryl methyl sites for hydroxylation is 2. The van der Waals surface area contributed by atoms with Gasteiger partial charge in [-0.25, -0.2) is 4.98 Å². The summed E-state index contributed by atoms with van der Waals surface area (Å²) >= 11 is 1.71. The molecule has 0 bridgehead atoms. The van der Waals surface area contributed by atoms with Crippen LogP contribution in [0.25, 0.3) is 10.6 Å². The topological polar surface area (TPSA) is 51.8 Å². The van der Waals surface area contributed by atoms with Gasteiger partial charge in [-0.15, -0.1) is 11.3 Å². The van der Waals surface area contributed by atoms with Crippen molar-refractivity contribution in [2.75, 3.05) is 6.54 Å². The molecule has 0 saturated carbocycles. The summed E-state index contributed by atoms with van der Waals surface area (Å²) in [6, 6.07) is 4.07. The molecule has 4 heteroatoms. The molecule has 0 fully saturated rings. The van der Waals surface area contributed by atoms with Crippen LogP contribution in [0.15, 0.2) is 18.3 Å². The van der Waals surface area contributed by atoms with Crippen molar-refractivity contribution >= 4 is 11.3 Å². The van der Waals surface area contributed by atoms with Crippen molar-refractivity contribution in [2.45, 2.75) is 20.3 Å². The lowest BCUT2D eigenvalue weighted by molar-refractivity contribution is 0.927. The second kappa shape index (κ2) is 4.72. The summed E-state index contributed by atoms with van der Waals surface area (Å²) < 4.78 is 0. The highest BCUT2D eigenvalue weighted by atomic mass is 32.1. The number of nitrogens with two attached hydrogens (primary N) is 1. The van der Waals surface area contributed by atoms with Crippen LogP contribution >= 0.6 is 11.3 Å². The standard InChI is InChI=1S/C12H15N3S/c1-8-3-4-10(7-14-8)12-15-11(5-6-13)9(2)16-12/h3-4,7H,5-6,13H2,1-2H3. The van der Waals surface area contributed by atoms with Crippen LogP contribution in [0.1, 0.15) is 16.3 Å². The number of hydrogen-bond donors (Lipinski definition) is 1. The highest BCUT2D eigenvalue weighted by molar-refractivity contribution is 7.15. The fourth-order valence-electron chi connectivity index (χ4n) is 1.51. The molecule has 0 amide bonds. The van der Waals surface area contributed by atoms with Crippen LogP contribution in [0.4, 0.5) is 0 Å². The van der Waals surface area contributed by atoms with Gasteiger partial charge in [0.15, 0.2) is 0 Å². The smallest absolute Gasteiger partial charge is 0.125 e. The Kier molecular flexibility index (Phi) is 3.31. The molecule has 0 saturated heterocycles. The SMILES string of the molecule is Cc1ccc(-c2nc(CCN)c(C)s2)cn1. The fraction of sp³-hybridized carbons (Fsp3) is 0.333. The van der Waals surface area contributed by atoms with Gasteiger partial charge in [0.2, 0.25) is 0 Å². The predicted molar refractivity (Wildman–Crippen MR) is 67.6 cm³/mol. The van der Waals surface area contributed by atoms with Crippen molar-refractivity contribution in [3.63, 3.8) is 0 Å². The maximum Gasteiger partial charge on any atom is 0.125 e. The molecule has 0 spiro atoms. The van der Waals surface area contributed by atoms with E-state index in [1.54, 1.807) is 11.3 Å². The van der Waals surface area contributed by atoms with Gasteiger partial charge in [-0.05, 0) is 32.5 Å². The quantitative estimate of drug-likeness (QED) is 0.885. The highest BCUT2D eigenvalue weighted by Gasteiger charge is 2.08. The van der Waals surface area contributed by atoms with Crippen LogP contribution in [0.3, 0.4) is 0 Å². The first-order chi connectivity index (χ1) is 7.70. The van der Waals surface area contributed by atoms with E-state index in [2.05, 4.69) is 23.0 Å². The predicted octanol–water partition coefficient (Wildman–Crippen LogP) is 2.32. The van der Waals surface area contributed by atoms with Crippen molar-refractivity contribution in [1.82, 2.24) is 9.97 Å². The van der Waals surface area contributed by atoms with Crippen molar-refractivity contribution in [1.29, 1.82) is 0 Å². The number of aromatic nitrogens is 2. The lowest BCUT2D eigenvalue weighted by atomic mass is 10.2. The summed E-state index contributed by atoms with van der Waals surface area (Å²) in [5, 5.41) is 1.04. The Balaban J connectivity index is 2.33. The van der Waals surface area contributed by atoms with E-state index in [0.29, 0.717) is 6.54 Å². The first-order valence-corrected chi connectivity index (χ1v) is 6.11. The van der Waals surface area contributed by atoms with Gasteiger partial charge in [-0.1, -0.05) is 0 Å². The summed E-state index contributed by atoms with van der Waals surface area (Å²) in [6.07, 6.45) is 2.72.